The van der Waals surface area contributed by atoms with Gasteiger partial charge in [0.15, 0.2) is 5.96 Å². The van der Waals surface area contributed by atoms with Gasteiger partial charge in [-0.05, 0) is 40.0 Å². The van der Waals surface area contributed by atoms with Crippen LogP contribution >= 0.6 is 11.3 Å². The molecule has 0 aliphatic carbocycles. The molecule has 5 nitrogen and oxygen atoms in total. The molecule has 1 fully saturated rings. The summed E-state index contributed by atoms with van der Waals surface area (Å²) in [5, 5.41) is 10.3. The normalized spacial score (nSPS) is 17.7. The molecule has 23 heavy (non-hydrogen) atoms. The molecule has 2 N–H and O–H groups in total. The van der Waals surface area contributed by atoms with Crippen molar-refractivity contribution in [2.24, 2.45) is 4.99 Å². The number of aryl methyl sites for hydroxylation is 1. The minimum Gasteiger partial charge on any atom is -0.357 e. The number of thiazole rings is 1. The highest BCUT2D eigenvalue weighted by Crippen LogP contribution is 2.13. The first-order chi connectivity index (χ1) is 11.1. The lowest BCUT2D eigenvalue weighted by Gasteiger charge is -2.35. The molecule has 0 unspecified atom stereocenters. The molecule has 2 heterocycles. The molecule has 0 bridgehead atoms. The fraction of sp³-hybridized carbons (Fsp3) is 0.765. The first-order valence-electron chi connectivity index (χ1n) is 8.84. The van der Waals surface area contributed by atoms with Gasteiger partial charge in [-0.1, -0.05) is 6.92 Å². The van der Waals surface area contributed by atoms with E-state index in [-0.39, 0.29) is 0 Å². The van der Waals surface area contributed by atoms with Gasteiger partial charge >= 0.3 is 0 Å². The number of piperidine rings is 1. The summed E-state index contributed by atoms with van der Waals surface area (Å²) in [6, 6.07) is 1.17. The van der Waals surface area contributed by atoms with E-state index in [0.29, 0.717) is 18.6 Å². The molecule has 0 aromatic carbocycles. The van der Waals surface area contributed by atoms with Crippen LogP contribution in [-0.2, 0) is 13.0 Å². The van der Waals surface area contributed by atoms with E-state index in [1.54, 1.807) is 11.3 Å². The second-order valence-corrected chi connectivity index (χ2v) is 7.27. The van der Waals surface area contributed by atoms with E-state index in [9.17, 15) is 0 Å². The van der Waals surface area contributed by atoms with Crippen LogP contribution in [0.3, 0.4) is 0 Å². The third kappa shape index (κ3) is 5.77. The van der Waals surface area contributed by atoms with Crippen LogP contribution in [0.25, 0.3) is 0 Å². The second-order valence-electron chi connectivity index (χ2n) is 6.33. The third-order valence-corrected chi connectivity index (χ3v) is 5.29. The molecular weight excluding hydrogens is 306 g/mol. The maximum atomic E-state index is 4.70. The highest BCUT2D eigenvalue weighted by Gasteiger charge is 2.21. The largest absolute Gasteiger partial charge is 0.357 e. The molecule has 2 rings (SSSR count). The molecule has 130 valence electrons. The molecule has 0 radical (unpaired) electrons. The molecule has 1 aliphatic heterocycles. The minimum atomic E-state index is 0.518. The van der Waals surface area contributed by atoms with Crippen molar-refractivity contribution in [2.45, 2.75) is 65.6 Å². The van der Waals surface area contributed by atoms with E-state index in [4.69, 9.17) is 4.99 Å². The molecule has 0 amide bonds. The van der Waals surface area contributed by atoms with Crippen molar-refractivity contribution in [3.63, 3.8) is 0 Å². The van der Waals surface area contributed by atoms with Gasteiger partial charge in [0.05, 0.1) is 17.2 Å². The van der Waals surface area contributed by atoms with E-state index in [2.05, 4.69) is 53.6 Å². The number of hydrogen-bond acceptors (Lipinski definition) is 4. The van der Waals surface area contributed by atoms with Gasteiger partial charge in [0.25, 0.3) is 0 Å². The standard InChI is InChI=1S/C17H31N5S/c1-5-16-20-15(12-23-16)11-19-17(18-6-2)21-14-7-9-22(10-8-14)13(3)4/h12-14H,5-11H2,1-4H3,(H2,18,19,21). The number of guanidine groups is 1. The molecule has 1 saturated heterocycles. The van der Waals surface area contributed by atoms with Gasteiger partial charge in [0.2, 0.25) is 0 Å². The fourth-order valence-electron chi connectivity index (χ4n) is 2.82. The van der Waals surface area contributed by atoms with E-state index >= 15 is 0 Å². The van der Waals surface area contributed by atoms with Gasteiger partial charge in [-0.3, -0.25) is 0 Å². The predicted molar refractivity (Wildman–Crippen MR) is 99.2 cm³/mol. The van der Waals surface area contributed by atoms with Crippen molar-refractivity contribution in [1.29, 1.82) is 0 Å². The zero-order valence-electron chi connectivity index (χ0n) is 14.9. The summed E-state index contributed by atoms with van der Waals surface area (Å²) in [6.45, 7) is 12.7. The van der Waals surface area contributed by atoms with Crippen LogP contribution in [0.5, 0.6) is 0 Å². The van der Waals surface area contributed by atoms with Crippen LogP contribution in [0.15, 0.2) is 10.4 Å². The highest BCUT2D eigenvalue weighted by atomic mass is 32.1. The summed E-state index contributed by atoms with van der Waals surface area (Å²) in [4.78, 5) is 11.8. The van der Waals surface area contributed by atoms with Crippen LogP contribution in [0.2, 0.25) is 0 Å². The van der Waals surface area contributed by atoms with Gasteiger partial charge in [-0.25, -0.2) is 9.98 Å². The molecule has 1 aliphatic rings. The first kappa shape index (κ1) is 18.2. The van der Waals surface area contributed by atoms with Gasteiger partial charge in [0, 0.05) is 37.1 Å². The molecule has 6 heteroatoms. The Bertz CT molecular complexity index is 489. The van der Waals surface area contributed by atoms with Crippen molar-refractivity contribution in [3.8, 4) is 0 Å². The average Bonchev–Trinajstić information content (AvgIpc) is 3.01. The minimum absolute atomic E-state index is 0.518. The highest BCUT2D eigenvalue weighted by molar-refractivity contribution is 7.09. The van der Waals surface area contributed by atoms with Crippen molar-refractivity contribution in [1.82, 2.24) is 20.5 Å². The lowest BCUT2D eigenvalue weighted by Crippen LogP contribution is -2.49. The Morgan fingerprint density at radius 2 is 2.13 bits per heavy atom. The molecule has 1 aromatic heterocycles. The molecule has 0 saturated carbocycles. The van der Waals surface area contributed by atoms with Crippen molar-refractivity contribution < 1.29 is 0 Å². The SMILES string of the molecule is CCNC(=NCc1csc(CC)n1)NC1CCN(C(C)C)CC1. The summed E-state index contributed by atoms with van der Waals surface area (Å²) in [6.07, 6.45) is 3.36. The molecule has 1 aromatic rings. The van der Waals surface area contributed by atoms with Crippen molar-refractivity contribution in [3.05, 3.63) is 16.1 Å². The predicted octanol–water partition coefficient (Wildman–Crippen LogP) is 2.63. The first-order valence-corrected chi connectivity index (χ1v) is 9.72. The van der Waals surface area contributed by atoms with Gasteiger partial charge < -0.3 is 15.5 Å². The summed E-state index contributed by atoms with van der Waals surface area (Å²) in [5.41, 5.74) is 1.07. The van der Waals surface area contributed by atoms with Gasteiger partial charge in [0.1, 0.15) is 0 Å². The number of nitrogens with zero attached hydrogens (tertiary/aromatic N) is 3. The zero-order chi connectivity index (χ0) is 16.7. The van der Waals surface area contributed by atoms with Crippen LogP contribution in [0.1, 0.15) is 51.2 Å². The summed E-state index contributed by atoms with van der Waals surface area (Å²) in [5.74, 6) is 0.918. The lowest BCUT2D eigenvalue weighted by molar-refractivity contribution is 0.167. The van der Waals surface area contributed by atoms with E-state index in [0.717, 1.165) is 24.6 Å². The van der Waals surface area contributed by atoms with Crippen LogP contribution in [0.4, 0.5) is 0 Å². The monoisotopic (exact) mass is 337 g/mol. The van der Waals surface area contributed by atoms with E-state index in [1.807, 2.05) is 0 Å². The summed E-state index contributed by atoms with van der Waals surface area (Å²) < 4.78 is 0. The Morgan fingerprint density at radius 1 is 1.39 bits per heavy atom. The van der Waals surface area contributed by atoms with E-state index in [1.165, 1.54) is 30.9 Å². The van der Waals surface area contributed by atoms with E-state index < -0.39 is 0 Å². The Kier molecular flexibility index (Phi) is 7.30. The molecular formula is C17H31N5S. The van der Waals surface area contributed by atoms with Crippen LogP contribution < -0.4 is 10.6 Å². The third-order valence-electron chi connectivity index (χ3n) is 4.25. The Balaban J connectivity index is 1.87. The Hall–Kier alpha value is -1.14. The maximum Gasteiger partial charge on any atom is 0.191 e. The Labute approximate surface area is 144 Å². The smallest absolute Gasteiger partial charge is 0.191 e. The van der Waals surface area contributed by atoms with Crippen LogP contribution in [0, 0.1) is 0 Å². The average molecular weight is 338 g/mol. The number of hydrogen-bond donors (Lipinski definition) is 2. The molecule has 0 atom stereocenters. The number of nitrogens with one attached hydrogen (secondary N) is 2. The zero-order valence-corrected chi connectivity index (χ0v) is 15.7. The lowest BCUT2D eigenvalue weighted by atomic mass is 10.0. The number of aliphatic imine (C=N–C) groups is 1. The van der Waals surface area contributed by atoms with Crippen molar-refractivity contribution >= 4 is 17.3 Å². The van der Waals surface area contributed by atoms with Gasteiger partial charge in [-0.2, -0.15) is 0 Å². The summed E-state index contributed by atoms with van der Waals surface area (Å²) in [7, 11) is 0. The summed E-state index contributed by atoms with van der Waals surface area (Å²) >= 11 is 1.73. The number of aromatic nitrogens is 1. The fourth-order valence-corrected chi connectivity index (χ4v) is 3.55. The Morgan fingerprint density at radius 3 is 2.70 bits per heavy atom. The quantitative estimate of drug-likeness (QED) is 0.619. The topological polar surface area (TPSA) is 52.6 Å². The van der Waals surface area contributed by atoms with Crippen LogP contribution in [-0.4, -0.2) is 47.6 Å². The van der Waals surface area contributed by atoms with Crippen molar-refractivity contribution in [2.75, 3.05) is 19.6 Å². The van der Waals surface area contributed by atoms with Gasteiger partial charge in [-0.15, -0.1) is 11.3 Å². The second kappa shape index (κ2) is 9.23. The number of likely N-dealkylation sites (tertiary alicyclic amines) is 1. The number of rotatable bonds is 6. The molecule has 0 spiro atoms. The maximum absolute atomic E-state index is 4.70.